The van der Waals surface area contributed by atoms with Gasteiger partial charge in [-0.2, -0.15) is 4.31 Å². The number of rotatable bonds is 8. The van der Waals surface area contributed by atoms with Crippen LogP contribution in [0.1, 0.15) is 24.2 Å². The Morgan fingerprint density at radius 3 is 2.10 bits per heavy atom. The number of nitrogens with one attached hydrogen (secondary N) is 1. The highest BCUT2D eigenvalue weighted by molar-refractivity contribution is 7.89. The number of ether oxygens (including phenoxy) is 1. The lowest BCUT2D eigenvalue weighted by Crippen LogP contribution is -2.30. The summed E-state index contributed by atoms with van der Waals surface area (Å²) in [7, 11) is -3.56. The lowest BCUT2D eigenvalue weighted by molar-refractivity contribution is 0.102. The van der Waals surface area contributed by atoms with Gasteiger partial charge < -0.3 is 10.1 Å². The maximum atomic E-state index is 12.7. The highest BCUT2D eigenvalue weighted by atomic mass is 32.2. The largest absolute Gasteiger partial charge is 0.455 e. The van der Waals surface area contributed by atoms with Crippen molar-refractivity contribution in [1.82, 2.24) is 4.31 Å². The summed E-state index contributed by atoms with van der Waals surface area (Å²) in [5.41, 5.74) is 0.870. The molecule has 3 aromatic rings. The zero-order valence-electron chi connectivity index (χ0n) is 16.9. The number of amides is 1. The van der Waals surface area contributed by atoms with Gasteiger partial charge in [0.2, 0.25) is 10.0 Å². The van der Waals surface area contributed by atoms with E-state index in [1.807, 2.05) is 36.4 Å². The van der Waals surface area contributed by atoms with Crippen LogP contribution < -0.4 is 10.1 Å². The minimum atomic E-state index is -3.56. The van der Waals surface area contributed by atoms with Crippen molar-refractivity contribution in [2.24, 2.45) is 0 Å². The molecule has 0 aromatic heterocycles. The second kappa shape index (κ2) is 9.56. The molecule has 0 aliphatic carbocycles. The zero-order valence-corrected chi connectivity index (χ0v) is 17.7. The number of benzene rings is 3. The Morgan fingerprint density at radius 1 is 0.867 bits per heavy atom. The van der Waals surface area contributed by atoms with Gasteiger partial charge >= 0.3 is 0 Å². The SMILES string of the molecule is CCN(CC)S(=O)(=O)c1ccc(C(=O)Nc2ccccc2Oc2ccccc2)cc1. The summed E-state index contributed by atoms with van der Waals surface area (Å²) in [6.45, 7) is 4.36. The third-order valence-corrected chi connectivity index (χ3v) is 6.63. The van der Waals surface area contributed by atoms with Crippen molar-refractivity contribution in [2.75, 3.05) is 18.4 Å². The number of carbonyl (C=O) groups excluding carboxylic acids is 1. The number of hydrogen-bond donors (Lipinski definition) is 1. The van der Waals surface area contributed by atoms with Gasteiger partial charge in [-0.15, -0.1) is 0 Å². The fourth-order valence-electron chi connectivity index (χ4n) is 2.96. The number of anilines is 1. The number of hydrogen-bond acceptors (Lipinski definition) is 4. The van der Waals surface area contributed by atoms with Gasteiger partial charge in [-0.3, -0.25) is 4.79 Å². The zero-order chi connectivity index (χ0) is 21.6. The third-order valence-electron chi connectivity index (χ3n) is 4.57. The molecule has 7 heteroatoms. The summed E-state index contributed by atoms with van der Waals surface area (Å²) in [5.74, 6) is 0.814. The van der Waals surface area contributed by atoms with Crippen LogP contribution >= 0.6 is 0 Å². The number of sulfonamides is 1. The van der Waals surface area contributed by atoms with Crippen LogP contribution in [0.4, 0.5) is 5.69 Å². The van der Waals surface area contributed by atoms with Gasteiger partial charge in [0.1, 0.15) is 5.75 Å². The van der Waals surface area contributed by atoms with E-state index in [-0.39, 0.29) is 10.8 Å². The Morgan fingerprint density at radius 2 is 1.47 bits per heavy atom. The summed E-state index contributed by atoms with van der Waals surface area (Å²) in [5, 5.41) is 2.83. The first-order valence-corrected chi connectivity index (χ1v) is 11.1. The van der Waals surface area contributed by atoms with E-state index in [1.54, 1.807) is 32.0 Å². The van der Waals surface area contributed by atoms with Gasteiger partial charge in [0.05, 0.1) is 10.6 Å². The van der Waals surface area contributed by atoms with Crippen molar-refractivity contribution < 1.29 is 17.9 Å². The first-order valence-electron chi connectivity index (χ1n) is 9.69. The average Bonchev–Trinajstić information content (AvgIpc) is 2.76. The van der Waals surface area contributed by atoms with Crippen LogP contribution in [0.3, 0.4) is 0 Å². The fraction of sp³-hybridized carbons (Fsp3) is 0.174. The molecule has 0 fully saturated rings. The molecule has 1 amide bonds. The predicted molar refractivity (Wildman–Crippen MR) is 117 cm³/mol. The van der Waals surface area contributed by atoms with Crippen LogP contribution in [0, 0.1) is 0 Å². The minimum absolute atomic E-state index is 0.163. The highest BCUT2D eigenvalue weighted by Gasteiger charge is 2.21. The van der Waals surface area contributed by atoms with Gasteiger partial charge in [-0.1, -0.05) is 44.2 Å². The number of nitrogens with zero attached hydrogens (tertiary/aromatic N) is 1. The summed E-state index contributed by atoms with van der Waals surface area (Å²) in [6, 6.07) is 22.3. The monoisotopic (exact) mass is 424 g/mol. The van der Waals surface area contributed by atoms with Crippen LogP contribution in [-0.2, 0) is 10.0 Å². The van der Waals surface area contributed by atoms with Crippen LogP contribution in [0.5, 0.6) is 11.5 Å². The summed E-state index contributed by atoms with van der Waals surface area (Å²) < 4.78 is 32.4. The molecule has 0 aliphatic heterocycles. The van der Waals surface area contributed by atoms with Crippen molar-refractivity contribution in [3.05, 3.63) is 84.4 Å². The van der Waals surface area contributed by atoms with Crippen LogP contribution in [0.25, 0.3) is 0 Å². The van der Waals surface area contributed by atoms with Gasteiger partial charge in [-0.25, -0.2) is 8.42 Å². The van der Waals surface area contributed by atoms with E-state index >= 15 is 0 Å². The number of carbonyl (C=O) groups is 1. The quantitative estimate of drug-likeness (QED) is 0.566. The molecule has 30 heavy (non-hydrogen) atoms. The van der Waals surface area contributed by atoms with E-state index in [4.69, 9.17) is 4.74 Å². The lowest BCUT2D eigenvalue weighted by atomic mass is 10.2. The molecular formula is C23H24N2O4S. The molecule has 156 valence electrons. The normalized spacial score (nSPS) is 11.3. The molecule has 3 rings (SSSR count). The van der Waals surface area contributed by atoms with Gasteiger partial charge in [0.25, 0.3) is 5.91 Å². The molecule has 0 radical (unpaired) electrons. The first-order chi connectivity index (χ1) is 14.5. The third kappa shape index (κ3) is 4.87. The highest BCUT2D eigenvalue weighted by Crippen LogP contribution is 2.29. The van der Waals surface area contributed by atoms with E-state index in [0.717, 1.165) is 0 Å². The van der Waals surface area contributed by atoms with Crippen LogP contribution in [0.15, 0.2) is 83.8 Å². The molecule has 0 heterocycles. The van der Waals surface area contributed by atoms with Crippen molar-refractivity contribution in [1.29, 1.82) is 0 Å². The molecule has 0 unspecified atom stereocenters. The van der Waals surface area contributed by atoms with E-state index in [1.165, 1.54) is 28.6 Å². The van der Waals surface area contributed by atoms with Crippen molar-refractivity contribution >= 4 is 21.6 Å². The second-order valence-electron chi connectivity index (χ2n) is 6.48. The molecule has 0 spiro atoms. The van der Waals surface area contributed by atoms with Gasteiger partial charge in [0, 0.05) is 18.7 Å². The van der Waals surface area contributed by atoms with E-state index in [9.17, 15) is 13.2 Å². The average molecular weight is 425 g/mol. The molecule has 0 bridgehead atoms. The minimum Gasteiger partial charge on any atom is -0.455 e. The smallest absolute Gasteiger partial charge is 0.255 e. The molecule has 3 aromatic carbocycles. The van der Waals surface area contributed by atoms with Crippen molar-refractivity contribution in [2.45, 2.75) is 18.7 Å². The number of para-hydroxylation sites is 3. The van der Waals surface area contributed by atoms with Crippen molar-refractivity contribution in [3.63, 3.8) is 0 Å². The maximum absolute atomic E-state index is 12.7. The standard InChI is InChI=1S/C23H24N2O4S/c1-3-25(4-2)30(27,28)20-16-14-18(15-17-20)23(26)24-21-12-8-9-13-22(21)29-19-10-6-5-7-11-19/h5-17H,3-4H2,1-2H3,(H,24,26). The second-order valence-corrected chi connectivity index (χ2v) is 8.42. The lowest BCUT2D eigenvalue weighted by Gasteiger charge is -2.18. The molecular weight excluding hydrogens is 400 g/mol. The van der Waals surface area contributed by atoms with Crippen LogP contribution in [0.2, 0.25) is 0 Å². The molecule has 6 nitrogen and oxygen atoms in total. The molecule has 0 atom stereocenters. The molecule has 0 saturated heterocycles. The van der Waals surface area contributed by atoms with Crippen molar-refractivity contribution in [3.8, 4) is 11.5 Å². The topological polar surface area (TPSA) is 75.7 Å². The fourth-order valence-corrected chi connectivity index (χ4v) is 4.42. The summed E-state index contributed by atoms with van der Waals surface area (Å²) >= 11 is 0. The molecule has 0 aliphatic rings. The Labute approximate surface area is 177 Å². The summed E-state index contributed by atoms with van der Waals surface area (Å²) in [6.07, 6.45) is 0. The van der Waals surface area contributed by atoms with E-state index in [0.29, 0.717) is 35.8 Å². The molecule has 0 saturated carbocycles. The van der Waals surface area contributed by atoms with Gasteiger partial charge in [0.15, 0.2) is 5.75 Å². The predicted octanol–water partition coefficient (Wildman–Crippen LogP) is 4.76. The van der Waals surface area contributed by atoms with E-state index < -0.39 is 10.0 Å². The Kier molecular flexibility index (Phi) is 6.87. The van der Waals surface area contributed by atoms with E-state index in [2.05, 4.69) is 5.32 Å². The Balaban J connectivity index is 1.77. The van der Waals surface area contributed by atoms with Gasteiger partial charge in [-0.05, 0) is 48.5 Å². The summed E-state index contributed by atoms with van der Waals surface area (Å²) in [4.78, 5) is 12.9. The Bertz CT molecular complexity index is 1090. The first kappa shape index (κ1) is 21.5. The van der Waals surface area contributed by atoms with Crippen LogP contribution in [-0.4, -0.2) is 31.7 Å². The maximum Gasteiger partial charge on any atom is 0.255 e. The molecule has 1 N–H and O–H groups in total. The Hall–Kier alpha value is -3.16.